The highest BCUT2D eigenvalue weighted by atomic mass is 19.1. The third-order valence-corrected chi connectivity index (χ3v) is 7.83. The maximum atomic E-state index is 13.6. The number of hydrogen-bond donors (Lipinski definition) is 3. The number of likely N-dealkylation sites (N-methyl/N-ethyl adjacent to an activating group) is 1. The van der Waals surface area contributed by atoms with Crippen molar-refractivity contribution in [2.45, 2.75) is 84.0 Å². The first-order valence-corrected chi connectivity index (χ1v) is 14.4. The van der Waals surface area contributed by atoms with Gasteiger partial charge in [0.05, 0.1) is 17.6 Å². The Bertz CT molecular complexity index is 1050. The van der Waals surface area contributed by atoms with Crippen LogP contribution in [0, 0.1) is 29.4 Å². The van der Waals surface area contributed by atoms with Gasteiger partial charge >= 0.3 is 0 Å². The van der Waals surface area contributed by atoms with E-state index in [0.717, 1.165) is 44.4 Å². The number of hydrogen-bond acceptors (Lipinski definition) is 6. The highest BCUT2D eigenvalue weighted by Crippen LogP contribution is 2.27. The molecule has 11 heteroatoms. The summed E-state index contributed by atoms with van der Waals surface area (Å²) in [4.78, 5) is 52.3. The topological polar surface area (TPSA) is 120 Å². The second-order valence-electron chi connectivity index (χ2n) is 11.4. The monoisotopic (exact) mass is 577 g/mol. The zero-order valence-corrected chi connectivity index (χ0v) is 24.6. The van der Waals surface area contributed by atoms with Crippen molar-refractivity contribution in [3.05, 3.63) is 35.4 Å². The molecule has 1 aromatic rings. The molecule has 3 amide bonds. The number of rotatable bonds is 12. The van der Waals surface area contributed by atoms with Crippen molar-refractivity contribution in [2.75, 3.05) is 20.1 Å². The van der Waals surface area contributed by atoms with E-state index in [1.165, 1.54) is 0 Å². The summed E-state index contributed by atoms with van der Waals surface area (Å²) in [6, 6.07) is 1.96. The van der Waals surface area contributed by atoms with Crippen LogP contribution < -0.4 is 16.0 Å². The molecule has 0 aliphatic carbocycles. The molecule has 1 aromatic carbocycles. The van der Waals surface area contributed by atoms with Gasteiger partial charge in [-0.25, -0.2) is 8.78 Å². The Morgan fingerprint density at radius 1 is 1.22 bits per heavy atom. The molecule has 41 heavy (non-hydrogen) atoms. The highest BCUT2D eigenvalue weighted by molar-refractivity contribution is 5.95. The average molecular weight is 578 g/mol. The summed E-state index contributed by atoms with van der Waals surface area (Å²) >= 11 is 0. The molecule has 1 unspecified atom stereocenters. The Hall–Kier alpha value is -3.21. The van der Waals surface area contributed by atoms with Gasteiger partial charge in [-0.1, -0.05) is 26.7 Å². The predicted molar refractivity (Wildman–Crippen MR) is 154 cm³/mol. The Kier molecular flexibility index (Phi) is 14.0. The number of aldehydes is 1. The van der Waals surface area contributed by atoms with Gasteiger partial charge in [0.15, 0.2) is 0 Å². The van der Waals surface area contributed by atoms with Gasteiger partial charge in [0.1, 0.15) is 24.1 Å². The minimum absolute atomic E-state index is 0.00315. The molecule has 5 atom stereocenters. The number of unbranched alkanes of at least 4 members (excludes halogenated alkanes) is 1. The first kappa shape index (κ1) is 34.0. The minimum Gasteiger partial charge on any atom is -0.356 e. The Morgan fingerprint density at radius 3 is 2.54 bits per heavy atom. The first-order valence-electron chi connectivity index (χ1n) is 14.4. The van der Waals surface area contributed by atoms with Crippen LogP contribution in [0.15, 0.2) is 23.2 Å². The SMILES string of the molecule is C=N[C@H](C)NC(=O)C1C[C@@H](C(C)C)CN1C.O=C[C@H](CCCC[C@H]1CCNC(=O)C1)NC(=O)c1ccc(F)cc1F. The van der Waals surface area contributed by atoms with E-state index in [-0.39, 0.29) is 29.6 Å². The predicted octanol–water partition coefficient (Wildman–Crippen LogP) is 3.47. The lowest BCUT2D eigenvalue weighted by molar-refractivity contribution is -0.125. The second-order valence-corrected chi connectivity index (χ2v) is 11.4. The van der Waals surface area contributed by atoms with Crippen molar-refractivity contribution in [1.82, 2.24) is 20.9 Å². The maximum Gasteiger partial charge on any atom is 0.254 e. The Balaban J connectivity index is 0.000000317. The van der Waals surface area contributed by atoms with E-state index in [4.69, 9.17) is 0 Å². The van der Waals surface area contributed by atoms with E-state index in [1.54, 1.807) is 0 Å². The van der Waals surface area contributed by atoms with Crippen LogP contribution in [0.3, 0.4) is 0 Å². The zero-order chi connectivity index (χ0) is 30.5. The minimum atomic E-state index is -0.960. The summed E-state index contributed by atoms with van der Waals surface area (Å²) in [6.07, 6.45) is 5.78. The summed E-state index contributed by atoms with van der Waals surface area (Å²) in [5, 5.41) is 8.09. The summed E-state index contributed by atoms with van der Waals surface area (Å²) in [5.41, 5.74) is -0.290. The van der Waals surface area contributed by atoms with Gasteiger partial charge in [-0.2, -0.15) is 0 Å². The van der Waals surface area contributed by atoms with Crippen LogP contribution in [-0.2, 0) is 14.4 Å². The van der Waals surface area contributed by atoms with Gasteiger partial charge in [0.2, 0.25) is 11.8 Å². The number of piperidine rings is 1. The van der Waals surface area contributed by atoms with E-state index in [9.17, 15) is 28.0 Å². The van der Waals surface area contributed by atoms with Crippen molar-refractivity contribution in [2.24, 2.45) is 22.7 Å². The number of halogens is 2. The van der Waals surface area contributed by atoms with Crippen LogP contribution in [0.2, 0.25) is 0 Å². The normalized spacial score (nSPS) is 22.1. The molecule has 0 spiro atoms. The van der Waals surface area contributed by atoms with Gasteiger partial charge in [-0.05, 0) is 76.3 Å². The summed E-state index contributed by atoms with van der Waals surface area (Å²) in [6.45, 7) is 11.4. The molecular weight excluding hydrogens is 532 g/mol. The first-order chi connectivity index (χ1) is 19.4. The van der Waals surface area contributed by atoms with Crippen molar-refractivity contribution in [3.8, 4) is 0 Å². The number of likely N-dealkylation sites (tertiary alicyclic amines) is 1. The number of aliphatic imine (C=N–C) groups is 1. The molecule has 0 radical (unpaired) electrons. The highest BCUT2D eigenvalue weighted by Gasteiger charge is 2.35. The molecule has 9 nitrogen and oxygen atoms in total. The fraction of sp³-hybridized carbons (Fsp3) is 0.633. The second kappa shape index (κ2) is 16.9. The zero-order valence-electron chi connectivity index (χ0n) is 24.6. The molecule has 2 heterocycles. The van der Waals surface area contributed by atoms with Crippen LogP contribution in [0.4, 0.5) is 8.78 Å². The number of nitrogens with zero attached hydrogens (tertiary/aromatic N) is 2. The molecule has 2 saturated heterocycles. The molecular formula is C30H45F2N5O4. The molecule has 2 aliphatic rings. The smallest absolute Gasteiger partial charge is 0.254 e. The number of carbonyl (C=O) groups excluding carboxylic acids is 4. The third-order valence-electron chi connectivity index (χ3n) is 7.83. The van der Waals surface area contributed by atoms with Gasteiger partial charge < -0.3 is 20.7 Å². The van der Waals surface area contributed by atoms with Crippen LogP contribution in [0.1, 0.15) is 76.1 Å². The third kappa shape index (κ3) is 11.3. The van der Waals surface area contributed by atoms with Crippen molar-refractivity contribution < 1.29 is 28.0 Å². The average Bonchev–Trinajstić information content (AvgIpc) is 3.32. The van der Waals surface area contributed by atoms with E-state index in [0.29, 0.717) is 55.9 Å². The largest absolute Gasteiger partial charge is 0.356 e. The molecule has 0 aromatic heterocycles. The van der Waals surface area contributed by atoms with E-state index in [1.807, 2.05) is 14.0 Å². The Labute approximate surface area is 241 Å². The fourth-order valence-corrected chi connectivity index (χ4v) is 5.17. The van der Waals surface area contributed by atoms with Crippen molar-refractivity contribution in [1.29, 1.82) is 0 Å². The summed E-state index contributed by atoms with van der Waals surface area (Å²) in [5.74, 6) is -0.691. The number of carbonyl (C=O) groups is 4. The van der Waals surface area contributed by atoms with Crippen LogP contribution in [-0.4, -0.2) is 74.0 Å². The van der Waals surface area contributed by atoms with Gasteiger partial charge in [-0.15, -0.1) is 0 Å². The number of benzene rings is 1. The standard InChI is InChI=1S/C18H22F2N2O3.C12H23N3O/c19-13-5-6-15(16(20)10-13)18(25)22-14(11-23)4-2-1-3-12-7-8-21-17(24)9-12;1-8(2)10-6-11(15(5)7-10)12(16)14-9(3)13-4/h5-6,10-12,14H,1-4,7-9H2,(H,21,24)(H,22,25);8-11H,4,6-7H2,1-3,5H3,(H,14,16)/t12-,14-;9-,10+,11?/m00/s1. The van der Waals surface area contributed by atoms with Crippen LogP contribution >= 0.6 is 0 Å². The van der Waals surface area contributed by atoms with Gasteiger partial charge in [0.25, 0.3) is 5.91 Å². The number of nitrogens with one attached hydrogen (secondary N) is 3. The fourth-order valence-electron chi connectivity index (χ4n) is 5.17. The molecule has 3 N–H and O–H groups in total. The molecule has 3 rings (SSSR count). The Morgan fingerprint density at radius 2 is 1.95 bits per heavy atom. The quantitative estimate of drug-likeness (QED) is 0.200. The molecule has 0 saturated carbocycles. The van der Waals surface area contributed by atoms with E-state index >= 15 is 0 Å². The van der Waals surface area contributed by atoms with Gasteiger partial charge in [-0.3, -0.25) is 24.3 Å². The lowest BCUT2D eigenvalue weighted by Gasteiger charge is -2.22. The molecule has 2 fully saturated rings. The van der Waals surface area contributed by atoms with Crippen LogP contribution in [0.5, 0.6) is 0 Å². The van der Waals surface area contributed by atoms with Crippen LogP contribution in [0.25, 0.3) is 0 Å². The maximum absolute atomic E-state index is 13.6. The van der Waals surface area contributed by atoms with E-state index in [2.05, 4.69) is 46.4 Å². The number of amides is 3. The van der Waals surface area contributed by atoms with Crippen molar-refractivity contribution in [3.63, 3.8) is 0 Å². The summed E-state index contributed by atoms with van der Waals surface area (Å²) < 4.78 is 26.4. The molecule has 0 bridgehead atoms. The summed E-state index contributed by atoms with van der Waals surface area (Å²) in [7, 11) is 2.01. The van der Waals surface area contributed by atoms with E-state index < -0.39 is 23.6 Å². The van der Waals surface area contributed by atoms with Gasteiger partial charge in [0, 0.05) is 25.6 Å². The lowest BCUT2D eigenvalue weighted by Crippen LogP contribution is -2.44. The molecule has 228 valence electrons. The van der Waals surface area contributed by atoms with Crippen molar-refractivity contribution >= 4 is 30.7 Å². The molecule has 2 aliphatic heterocycles. The lowest BCUT2D eigenvalue weighted by atomic mass is 9.91.